The number of aromatic nitrogens is 1. The van der Waals surface area contributed by atoms with Gasteiger partial charge in [0.1, 0.15) is 5.82 Å². The van der Waals surface area contributed by atoms with Gasteiger partial charge < -0.3 is 11.1 Å². The summed E-state index contributed by atoms with van der Waals surface area (Å²) in [6, 6.07) is 7.15. The third-order valence-corrected chi connectivity index (χ3v) is 3.86. The van der Waals surface area contributed by atoms with Crippen LogP contribution in [0.1, 0.15) is 24.1 Å². The van der Waals surface area contributed by atoms with Crippen molar-refractivity contribution >= 4 is 40.6 Å². The highest BCUT2D eigenvalue weighted by atomic mass is 35.5. The normalized spacial score (nSPS) is 12.4. The number of nitrogens with zero attached hydrogens (tertiary/aromatic N) is 1. The van der Waals surface area contributed by atoms with Crippen molar-refractivity contribution in [2.24, 2.45) is 0 Å². The first kappa shape index (κ1) is 15.4. The van der Waals surface area contributed by atoms with Gasteiger partial charge in [0.2, 0.25) is 0 Å². The van der Waals surface area contributed by atoms with E-state index in [4.69, 9.17) is 40.5 Å². The second-order valence-corrected chi connectivity index (χ2v) is 5.54. The third kappa shape index (κ3) is 3.36. The van der Waals surface area contributed by atoms with Gasteiger partial charge >= 0.3 is 0 Å². The quantitative estimate of drug-likeness (QED) is 0.877. The van der Waals surface area contributed by atoms with E-state index in [0.717, 1.165) is 17.7 Å². The van der Waals surface area contributed by atoms with Crippen LogP contribution in [-0.2, 0) is 0 Å². The van der Waals surface area contributed by atoms with Crippen LogP contribution in [0.5, 0.6) is 0 Å². The van der Waals surface area contributed by atoms with Gasteiger partial charge in [-0.3, -0.25) is 0 Å². The molecule has 1 aromatic heterocycles. The molecule has 1 heterocycles. The Morgan fingerprint density at radius 2 is 1.95 bits per heavy atom. The molecule has 2 rings (SSSR count). The molecule has 0 amide bonds. The van der Waals surface area contributed by atoms with Gasteiger partial charge in [-0.1, -0.05) is 47.8 Å². The zero-order valence-corrected chi connectivity index (χ0v) is 13.1. The molecule has 0 spiro atoms. The van der Waals surface area contributed by atoms with Crippen molar-refractivity contribution in [2.45, 2.75) is 13.0 Å². The minimum atomic E-state index is -0.138. The molecule has 0 fully saturated rings. The smallest absolute Gasteiger partial charge is 0.128 e. The number of hydrogen-bond donors (Lipinski definition) is 2. The van der Waals surface area contributed by atoms with Crippen molar-refractivity contribution in [3.8, 4) is 0 Å². The van der Waals surface area contributed by atoms with E-state index in [1.807, 2.05) is 19.1 Å². The van der Waals surface area contributed by atoms with Crippen LogP contribution < -0.4 is 11.1 Å². The van der Waals surface area contributed by atoms with Gasteiger partial charge in [0.05, 0.1) is 21.1 Å². The summed E-state index contributed by atoms with van der Waals surface area (Å²) in [5.41, 5.74) is 7.73. The Kier molecular flexibility index (Phi) is 5.11. The molecule has 0 aliphatic heterocycles. The summed E-state index contributed by atoms with van der Waals surface area (Å²) >= 11 is 18.1. The third-order valence-electron chi connectivity index (χ3n) is 2.91. The topological polar surface area (TPSA) is 50.9 Å². The SMILES string of the molecule is CCNC(c1ccc(Cl)c(Cl)c1)c1cc(Cl)cnc1N. The van der Waals surface area contributed by atoms with Crippen molar-refractivity contribution in [1.29, 1.82) is 0 Å². The number of halogens is 3. The molecule has 0 radical (unpaired) electrons. The van der Waals surface area contributed by atoms with Crippen LogP contribution in [0.25, 0.3) is 0 Å². The largest absolute Gasteiger partial charge is 0.383 e. The lowest BCUT2D eigenvalue weighted by atomic mass is 9.99. The standard InChI is InChI=1S/C14H14Cl3N3/c1-2-19-13(8-3-4-11(16)12(17)5-8)10-6-9(15)7-20-14(10)18/h3-7,13,19H,2H2,1H3,(H2,18,20). The van der Waals surface area contributed by atoms with Gasteiger partial charge in [-0.2, -0.15) is 0 Å². The molecule has 3 N–H and O–H groups in total. The lowest BCUT2D eigenvalue weighted by Crippen LogP contribution is -2.23. The van der Waals surface area contributed by atoms with Crippen LogP contribution in [0.15, 0.2) is 30.5 Å². The number of pyridine rings is 1. The number of benzene rings is 1. The maximum atomic E-state index is 6.08. The van der Waals surface area contributed by atoms with E-state index in [0.29, 0.717) is 20.9 Å². The second-order valence-electron chi connectivity index (χ2n) is 4.29. The predicted molar refractivity (Wildman–Crippen MR) is 85.6 cm³/mol. The fourth-order valence-electron chi connectivity index (χ4n) is 2.00. The molecule has 0 saturated heterocycles. The average Bonchev–Trinajstić information content (AvgIpc) is 2.42. The van der Waals surface area contributed by atoms with Crippen molar-refractivity contribution in [3.63, 3.8) is 0 Å². The first-order chi connectivity index (χ1) is 9.52. The van der Waals surface area contributed by atoms with Crippen LogP contribution in [0.4, 0.5) is 5.82 Å². The molecule has 1 aromatic carbocycles. The fraction of sp³-hybridized carbons (Fsp3) is 0.214. The number of nitrogens with one attached hydrogen (secondary N) is 1. The molecule has 1 atom stereocenters. The highest BCUT2D eigenvalue weighted by Gasteiger charge is 2.18. The molecule has 0 bridgehead atoms. The van der Waals surface area contributed by atoms with Crippen molar-refractivity contribution in [2.75, 3.05) is 12.3 Å². The number of anilines is 1. The number of nitrogen functional groups attached to an aromatic ring is 1. The molecular formula is C14H14Cl3N3. The lowest BCUT2D eigenvalue weighted by Gasteiger charge is -2.20. The van der Waals surface area contributed by atoms with E-state index in [-0.39, 0.29) is 6.04 Å². The molecule has 20 heavy (non-hydrogen) atoms. The molecule has 0 saturated carbocycles. The predicted octanol–water partition coefficient (Wildman–Crippen LogP) is 4.32. The summed E-state index contributed by atoms with van der Waals surface area (Å²) < 4.78 is 0. The maximum Gasteiger partial charge on any atom is 0.128 e. The van der Waals surface area contributed by atoms with E-state index < -0.39 is 0 Å². The van der Waals surface area contributed by atoms with Crippen LogP contribution in [0.2, 0.25) is 15.1 Å². The maximum absolute atomic E-state index is 6.08. The van der Waals surface area contributed by atoms with E-state index in [1.165, 1.54) is 6.20 Å². The van der Waals surface area contributed by atoms with Gasteiger partial charge in [-0.05, 0) is 30.3 Å². The van der Waals surface area contributed by atoms with Crippen LogP contribution in [-0.4, -0.2) is 11.5 Å². The number of nitrogens with two attached hydrogens (primary N) is 1. The summed E-state index contributed by atoms with van der Waals surface area (Å²) in [6.07, 6.45) is 1.53. The Balaban J connectivity index is 2.49. The van der Waals surface area contributed by atoms with E-state index in [1.54, 1.807) is 12.1 Å². The molecule has 0 aliphatic carbocycles. The first-order valence-electron chi connectivity index (χ1n) is 6.12. The summed E-state index contributed by atoms with van der Waals surface area (Å²) in [7, 11) is 0. The highest BCUT2D eigenvalue weighted by molar-refractivity contribution is 6.42. The zero-order valence-electron chi connectivity index (χ0n) is 10.8. The summed E-state index contributed by atoms with van der Waals surface area (Å²) in [4.78, 5) is 4.09. The number of hydrogen-bond acceptors (Lipinski definition) is 3. The molecule has 2 aromatic rings. The van der Waals surface area contributed by atoms with Gasteiger partial charge in [0.25, 0.3) is 0 Å². The first-order valence-corrected chi connectivity index (χ1v) is 7.25. The highest BCUT2D eigenvalue weighted by Crippen LogP contribution is 2.31. The molecule has 6 heteroatoms. The lowest BCUT2D eigenvalue weighted by molar-refractivity contribution is 0.630. The van der Waals surface area contributed by atoms with Gasteiger partial charge in [-0.15, -0.1) is 0 Å². The van der Waals surface area contributed by atoms with E-state index in [2.05, 4.69) is 10.3 Å². The summed E-state index contributed by atoms with van der Waals surface area (Å²) in [6.45, 7) is 2.77. The van der Waals surface area contributed by atoms with E-state index in [9.17, 15) is 0 Å². The van der Waals surface area contributed by atoms with Crippen LogP contribution >= 0.6 is 34.8 Å². The Labute approximate surface area is 133 Å². The van der Waals surface area contributed by atoms with Gasteiger partial charge in [0, 0.05) is 11.8 Å². The monoisotopic (exact) mass is 329 g/mol. The summed E-state index contributed by atoms with van der Waals surface area (Å²) in [5.74, 6) is 0.437. The molecule has 1 unspecified atom stereocenters. The molecule has 0 aliphatic rings. The van der Waals surface area contributed by atoms with Crippen molar-refractivity contribution in [1.82, 2.24) is 10.3 Å². The van der Waals surface area contributed by atoms with Gasteiger partial charge in [-0.25, -0.2) is 4.98 Å². The van der Waals surface area contributed by atoms with Crippen molar-refractivity contribution < 1.29 is 0 Å². The fourth-order valence-corrected chi connectivity index (χ4v) is 2.47. The Morgan fingerprint density at radius 1 is 1.20 bits per heavy atom. The van der Waals surface area contributed by atoms with Gasteiger partial charge in [0.15, 0.2) is 0 Å². The Hall–Kier alpha value is -1.00. The molecule has 3 nitrogen and oxygen atoms in total. The van der Waals surface area contributed by atoms with Crippen LogP contribution in [0.3, 0.4) is 0 Å². The second kappa shape index (κ2) is 6.64. The molecular weight excluding hydrogens is 317 g/mol. The minimum Gasteiger partial charge on any atom is -0.383 e. The Morgan fingerprint density at radius 3 is 2.60 bits per heavy atom. The average molecular weight is 331 g/mol. The summed E-state index contributed by atoms with van der Waals surface area (Å²) in [5, 5.41) is 4.91. The number of rotatable bonds is 4. The van der Waals surface area contributed by atoms with Crippen LogP contribution in [0, 0.1) is 0 Å². The zero-order chi connectivity index (χ0) is 14.7. The van der Waals surface area contributed by atoms with Crippen molar-refractivity contribution in [3.05, 3.63) is 56.7 Å². The minimum absolute atomic E-state index is 0.138. The van der Waals surface area contributed by atoms with E-state index >= 15 is 0 Å². The Bertz CT molecular complexity index is 617. The molecule has 106 valence electrons.